The van der Waals surface area contributed by atoms with Crippen LogP contribution >= 0.6 is 0 Å². The Balaban J connectivity index is 2.45. The highest BCUT2D eigenvalue weighted by atomic mass is 16.5. The molecule has 0 aliphatic carbocycles. The largest absolute Gasteiger partial charge is 0.490 e. The number of hydrogen-bond donors (Lipinski definition) is 1. The second-order valence-electron chi connectivity index (χ2n) is 4.47. The Morgan fingerprint density at radius 2 is 2.00 bits per heavy atom. The van der Waals surface area contributed by atoms with Gasteiger partial charge in [0.25, 0.3) is 0 Å². The molecule has 2 heterocycles. The zero-order chi connectivity index (χ0) is 15.0. The molecular weight excluding hydrogens is 274 g/mol. The molecular formula is C15H13NO5. The van der Waals surface area contributed by atoms with Gasteiger partial charge >= 0.3 is 5.63 Å². The van der Waals surface area contributed by atoms with Gasteiger partial charge in [-0.15, -0.1) is 0 Å². The molecule has 0 saturated carbocycles. The number of nitrogens with one attached hydrogen (secondary N) is 1. The van der Waals surface area contributed by atoms with Crippen molar-refractivity contribution in [3.63, 3.8) is 0 Å². The van der Waals surface area contributed by atoms with Crippen molar-refractivity contribution in [3.8, 4) is 5.75 Å². The fourth-order valence-corrected chi connectivity index (χ4v) is 2.26. The van der Waals surface area contributed by atoms with Crippen LogP contribution in [0.2, 0.25) is 0 Å². The average molecular weight is 287 g/mol. The number of fused-ring (bicyclic) bond motifs is 2. The van der Waals surface area contributed by atoms with Crippen LogP contribution in [-0.4, -0.2) is 13.0 Å². The Hall–Kier alpha value is -2.76. The zero-order valence-corrected chi connectivity index (χ0v) is 11.6. The van der Waals surface area contributed by atoms with Gasteiger partial charge in [0.05, 0.1) is 19.1 Å². The molecule has 0 saturated heterocycles. The molecule has 0 bridgehead atoms. The van der Waals surface area contributed by atoms with E-state index >= 15 is 0 Å². The van der Waals surface area contributed by atoms with Gasteiger partial charge in [0, 0.05) is 23.3 Å². The fourth-order valence-electron chi connectivity index (χ4n) is 2.26. The van der Waals surface area contributed by atoms with Crippen LogP contribution in [0.3, 0.4) is 0 Å². The molecule has 0 unspecified atom stereocenters. The molecule has 0 atom stereocenters. The maximum atomic E-state index is 11.7. The lowest BCUT2D eigenvalue weighted by Crippen LogP contribution is -2.10. The van der Waals surface area contributed by atoms with E-state index in [2.05, 4.69) is 5.32 Å². The topological polar surface area (TPSA) is 81.7 Å². The number of benzene rings is 1. The van der Waals surface area contributed by atoms with Gasteiger partial charge < -0.3 is 18.9 Å². The van der Waals surface area contributed by atoms with E-state index in [0.29, 0.717) is 34.2 Å². The molecule has 3 rings (SSSR count). The van der Waals surface area contributed by atoms with E-state index in [4.69, 9.17) is 13.6 Å². The Kier molecular flexibility index (Phi) is 3.13. The second kappa shape index (κ2) is 4.97. The number of anilines is 1. The SMILES string of the molecule is CCC(=O)Nc1c2ccoc2c(OC)c2oc(=O)ccc12. The molecule has 0 aliphatic rings. The maximum absolute atomic E-state index is 11.7. The summed E-state index contributed by atoms with van der Waals surface area (Å²) >= 11 is 0. The van der Waals surface area contributed by atoms with Crippen molar-refractivity contribution in [1.82, 2.24) is 0 Å². The summed E-state index contributed by atoms with van der Waals surface area (Å²) in [4.78, 5) is 23.2. The van der Waals surface area contributed by atoms with E-state index in [1.54, 1.807) is 19.1 Å². The number of methoxy groups -OCH3 is 1. The predicted molar refractivity (Wildman–Crippen MR) is 77.7 cm³/mol. The first-order chi connectivity index (χ1) is 10.2. The number of rotatable bonds is 3. The summed E-state index contributed by atoms with van der Waals surface area (Å²) < 4.78 is 15.9. The highest BCUT2D eigenvalue weighted by Crippen LogP contribution is 2.41. The monoisotopic (exact) mass is 287 g/mol. The fraction of sp³-hybridized carbons (Fsp3) is 0.200. The molecule has 6 nitrogen and oxygen atoms in total. The molecule has 3 aromatic rings. The summed E-state index contributed by atoms with van der Waals surface area (Å²) in [5.74, 6) is 0.187. The zero-order valence-electron chi connectivity index (χ0n) is 11.6. The Labute approximate surface area is 119 Å². The average Bonchev–Trinajstić information content (AvgIpc) is 2.96. The van der Waals surface area contributed by atoms with Gasteiger partial charge in [-0.25, -0.2) is 4.79 Å². The van der Waals surface area contributed by atoms with Crippen molar-refractivity contribution < 1.29 is 18.4 Å². The van der Waals surface area contributed by atoms with E-state index in [1.807, 2.05) is 0 Å². The molecule has 21 heavy (non-hydrogen) atoms. The number of furan rings is 1. The van der Waals surface area contributed by atoms with Gasteiger partial charge in [-0.3, -0.25) is 4.79 Å². The molecule has 1 aromatic carbocycles. The third-order valence-electron chi connectivity index (χ3n) is 3.24. The first-order valence-electron chi connectivity index (χ1n) is 6.46. The molecule has 2 aromatic heterocycles. The van der Waals surface area contributed by atoms with Gasteiger partial charge in [-0.2, -0.15) is 0 Å². The van der Waals surface area contributed by atoms with Gasteiger partial charge in [0.1, 0.15) is 0 Å². The van der Waals surface area contributed by atoms with Crippen LogP contribution in [-0.2, 0) is 4.79 Å². The quantitative estimate of drug-likeness (QED) is 0.749. The predicted octanol–water partition coefficient (Wildman–Crippen LogP) is 2.90. The highest BCUT2D eigenvalue weighted by Gasteiger charge is 2.20. The van der Waals surface area contributed by atoms with Crippen LogP contribution in [0.15, 0.2) is 38.1 Å². The Morgan fingerprint density at radius 1 is 1.24 bits per heavy atom. The first kappa shape index (κ1) is 13.2. The normalized spacial score (nSPS) is 11.0. The third-order valence-corrected chi connectivity index (χ3v) is 3.24. The van der Waals surface area contributed by atoms with Crippen LogP contribution in [0.1, 0.15) is 13.3 Å². The van der Waals surface area contributed by atoms with Crippen molar-refractivity contribution in [2.75, 3.05) is 12.4 Å². The standard InChI is InChI=1S/C15H13NO5/c1-3-10(17)16-12-8-4-5-11(18)21-14(8)15(19-2)13-9(12)6-7-20-13/h4-7H,3H2,1-2H3,(H,16,17). The van der Waals surface area contributed by atoms with Crippen molar-refractivity contribution in [2.45, 2.75) is 13.3 Å². The number of carbonyl (C=O) groups excluding carboxylic acids is 1. The number of hydrogen-bond acceptors (Lipinski definition) is 5. The molecule has 108 valence electrons. The lowest BCUT2D eigenvalue weighted by Gasteiger charge is -2.11. The van der Waals surface area contributed by atoms with E-state index in [-0.39, 0.29) is 11.5 Å². The molecule has 6 heteroatoms. The van der Waals surface area contributed by atoms with E-state index in [0.717, 1.165) is 0 Å². The van der Waals surface area contributed by atoms with E-state index < -0.39 is 5.63 Å². The lowest BCUT2D eigenvalue weighted by atomic mass is 10.1. The van der Waals surface area contributed by atoms with Crippen LogP contribution in [0.5, 0.6) is 5.75 Å². The van der Waals surface area contributed by atoms with Crippen molar-refractivity contribution >= 4 is 33.5 Å². The lowest BCUT2D eigenvalue weighted by molar-refractivity contribution is -0.115. The van der Waals surface area contributed by atoms with Crippen LogP contribution in [0.4, 0.5) is 5.69 Å². The Morgan fingerprint density at radius 3 is 2.71 bits per heavy atom. The van der Waals surface area contributed by atoms with Gasteiger partial charge in [-0.05, 0) is 12.1 Å². The summed E-state index contributed by atoms with van der Waals surface area (Å²) in [6, 6.07) is 4.63. The van der Waals surface area contributed by atoms with Gasteiger partial charge in [-0.1, -0.05) is 6.92 Å². The van der Waals surface area contributed by atoms with Crippen molar-refractivity contribution in [1.29, 1.82) is 0 Å². The summed E-state index contributed by atoms with van der Waals surface area (Å²) in [7, 11) is 1.47. The molecule has 0 fully saturated rings. The summed E-state index contributed by atoms with van der Waals surface area (Å²) in [5.41, 5.74) is 0.717. The maximum Gasteiger partial charge on any atom is 0.336 e. The summed E-state index contributed by atoms with van der Waals surface area (Å²) in [6.07, 6.45) is 1.83. The van der Waals surface area contributed by atoms with E-state index in [1.165, 1.54) is 19.4 Å². The first-order valence-corrected chi connectivity index (χ1v) is 6.46. The molecule has 0 radical (unpaired) electrons. The van der Waals surface area contributed by atoms with Crippen LogP contribution in [0, 0.1) is 0 Å². The third kappa shape index (κ3) is 2.05. The summed E-state index contributed by atoms with van der Waals surface area (Å²) in [5, 5.41) is 4.09. The second-order valence-corrected chi connectivity index (χ2v) is 4.47. The molecule has 1 amide bonds. The molecule has 1 N–H and O–H groups in total. The number of amides is 1. The van der Waals surface area contributed by atoms with Crippen LogP contribution < -0.4 is 15.7 Å². The minimum Gasteiger partial charge on any atom is -0.490 e. The van der Waals surface area contributed by atoms with Crippen molar-refractivity contribution in [3.05, 3.63) is 34.9 Å². The van der Waals surface area contributed by atoms with Crippen LogP contribution in [0.25, 0.3) is 21.9 Å². The smallest absolute Gasteiger partial charge is 0.336 e. The minimum absolute atomic E-state index is 0.143. The Bertz CT molecular complexity index is 890. The molecule has 0 aliphatic heterocycles. The van der Waals surface area contributed by atoms with E-state index in [9.17, 15) is 9.59 Å². The number of ether oxygens (including phenoxy) is 1. The van der Waals surface area contributed by atoms with Gasteiger partial charge in [0.2, 0.25) is 11.7 Å². The van der Waals surface area contributed by atoms with Crippen molar-refractivity contribution in [2.24, 2.45) is 0 Å². The number of carbonyl (C=O) groups is 1. The highest BCUT2D eigenvalue weighted by molar-refractivity contribution is 6.15. The molecule has 0 spiro atoms. The minimum atomic E-state index is -0.500. The van der Waals surface area contributed by atoms with Gasteiger partial charge in [0.15, 0.2) is 11.2 Å². The summed E-state index contributed by atoms with van der Waals surface area (Å²) in [6.45, 7) is 1.76.